The molecule has 0 radical (unpaired) electrons. The van der Waals surface area contributed by atoms with Crippen LogP contribution in [0.1, 0.15) is 10.4 Å². The van der Waals surface area contributed by atoms with Crippen LogP contribution in [0, 0.1) is 0 Å². The van der Waals surface area contributed by atoms with E-state index in [0.29, 0.717) is 18.7 Å². The van der Waals surface area contributed by atoms with E-state index in [1.54, 1.807) is 24.9 Å². The lowest BCUT2D eigenvalue weighted by molar-refractivity contribution is 0.0954. The monoisotopic (exact) mass is 343 g/mol. The maximum absolute atomic E-state index is 12.8. The van der Waals surface area contributed by atoms with Crippen LogP contribution in [0.5, 0.6) is 0 Å². The molecule has 0 fully saturated rings. The standard InChI is InChI=1S/C20H17N5O/c26-20(23-9-11-25-10-8-22-14-25)17-12-19(15-4-3-7-21-13-15)24-18-6-2-1-5-16(17)18/h1-8,10,12-14H,9,11H2,(H,23,26). The van der Waals surface area contributed by atoms with Gasteiger partial charge in [0.25, 0.3) is 5.91 Å². The van der Waals surface area contributed by atoms with Gasteiger partial charge in [-0.05, 0) is 24.3 Å². The summed E-state index contributed by atoms with van der Waals surface area (Å²) in [7, 11) is 0. The van der Waals surface area contributed by atoms with E-state index in [-0.39, 0.29) is 5.91 Å². The highest BCUT2D eigenvalue weighted by atomic mass is 16.1. The van der Waals surface area contributed by atoms with E-state index in [1.165, 1.54) is 0 Å². The minimum absolute atomic E-state index is 0.117. The first-order valence-electron chi connectivity index (χ1n) is 8.35. The topological polar surface area (TPSA) is 72.7 Å². The van der Waals surface area contributed by atoms with Gasteiger partial charge in [0.1, 0.15) is 0 Å². The van der Waals surface area contributed by atoms with Crippen molar-refractivity contribution in [3.8, 4) is 11.3 Å². The lowest BCUT2D eigenvalue weighted by Gasteiger charge is -2.11. The van der Waals surface area contributed by atoms with Crippen molar-refractivity contribution in [3.05, 3.63) is 79.1 Å². The zero-order valence-electron chi connectivity index (χ0n) is 14.0. The molecule has 1 N–H and O–H groups in total. The number of carbonyl (C=O) groups excluding carboxylic acids is 1. The minimum atomic E-state index is -0.117. The van der Waals surface area contributed by atoms with Crippen molar-refractivity contribution in [2.24, 2.45) is 0 Å². The van der Waals surface area contributed by atoms with Gasteiger partial charge in [0.2, 0.25) is 0 Å². The van der Waals surface area contributed by atoms with Crippen LogP contribution >= 0.6 is 0 Å². The Morgan fingerprint density at radius 2 is 2.00 bits per heavy atom. The summed E-state index contributed by atoms with van der Waals surface area (Å²) in [5.74, 6) is -0.117. The number of aromatic nitrogens is 4. The minimum Gasteiger partial charge on any atom is -0.350 e. The SMILES string of the molecule is O=C(NCCn1ccnc1)c1cc(-c2cccnc2)nc2ccccc12. The highest BCUT2D eigenvalue weighted by Crippen LogP contribution is 2.24. The van der Waals surface area contributed by atoms with E-state index >= 15 is 0 Å². The molecule has 1 amide bonds. The molecule has 0 bridgehead atoms. The number of carbonyl (C=O) groups is 1. The van der Waals surface area contributed by atoms with Crippen molar-refractivity contribution < 1.29 is 4.79 Å². The number of hydrogen-bond acceptors (Lipinski definition) is 4. The Bertz CT molecular complexity index is 1030. The van der Waals surface area contributed by atoms with Crippen molar-refractivity contribution in [3.63, 3.8) is 0 Å². The summed E-state index contributed by atoms with van der Waals surface area (Å²) in [4.78, 5) is 25.6. The van der Waals surface area contributed by atoms with Crippen LogP contribution in [0.2, 0.25) is 0 Å². The molecule has 0 unspecified atom stereocenters. The van der Waals surface area contributed by atoms with Crippen LogP contribution in [0.15, 0.2) is 73.6 Å². The first-order valence-corrected chi connectivity index (χ1v) is 8.35. The molecule has 128 valence electrons. The second-order valence-corrected chi connectivity index (χ2v) is 5.87. The third kappa shape index (κ3) is 3.30. The van der Waals surface area contributed by atoms with E-state index in [0.717, 1.165) is 22.2 Å². The highest BCUT2D eigenvalue weighted by molar-refractivity contribution is 6.07. The van der Waals surface area contributed by atoms with Crippen LogP contribution in [0.3, 0.4) is 0 Å². The molecule has 1 aromatic carbocycles. The second kappa shape index (κ2) is 7.14. The number of imidazole rings is 1. The van der Waals surface area contributed by atoms with E-state index in [2.05, 4.69) is 20.3 Å². The van der Waals surface area contributed by atoms with E-state index in [1.807, 2.05) is 53.2 Å². The molecular weight excluding hydrogens is 326 g/mol. The van der Waals surface area contributed by atoms with Gasteiger partial charge in [-0.25, -0.2) is 9.97 Å². The third-order valence-corrected chi connectivity index (χ3v) is 4.13. The first kappa shape index (κ1) is 16.0. The van der Waals surface area contributed by atoms with Gasteiger partial charge < -0.3 is 9.88 Å². The Labute approximate surface area is 150 Å². The normalized spacial score (nSPS) is 10.8. The molecule has 6 heteroatoms. The first-order chi connectivity index (χ1) is 12.8. The molecule has 0 saturated carbocycles. The van der Waals surface area contributed by atoms with Gasteiger partial charge in [0, 0.05) is 48.8 Å². The van der Waals surface area contributed by atoms with E-state index in [4.69, 9.17) is 0 Å². The van der Waals surface area contributed by atoms with Crippen LogP contribution in [-0.2, 0) is 6.54 Å². The third-order valence-electron chi connectivity index (χ3n) is 4.13. The molecule has 0 aliphatic heterocycles. The predicted octanol–water partition coefficient (Wildman–Crippen LogP) is 2.92. The number of amides is 1. The molecule has 3 aromatic heterocycles. The molecule has 26 heavy (non-hydrogen) atoms. The summed E-state index contributed by atoms with van der Waals surface area (Å²) in [5, 5.41) is 3.81. The van der Waals surface area contributed by atoms with Crippen molar-refractivity contribution >= 4 is 16.8 Å². The fourth-order valence-corrected chi connectivity index (χ4v) is 2.84. The molecule has 0 aliphatic carbocycles. The summed E-state index contributed by atoms with van der Waals surface area (Å²) < 4.78 is 1.92. The van der Waals surface area contributed by atoms with Gasteiger partial charge in [-0.2, -0.15) is 0 Å². The number of nitrogens with zero attached hydrogens (tertiary/aromatic N) is 4. The molecular formula is C20H17N5O. The Morgan fingerprint density at radius 3 is 2.81 bits per heavy atom. The van der Waals surface area contributed by atoms with Gasteiger partial charge in [0.05, 0.1) is 23.1 Å². The smallest absolute Gasteiger partial charge is 0.252 e. The van der Waals surface area contributed by atoms with Crippen molar-refractivity contribution in [2.45, 2.75) is 6.54 Å². The van der Waals surface area contributed by atoms with Crippen LogP contribution < -0.4 is 5.32 Å². The fraction of sp³-hybridized carbons (Fsp3) is 0.100. The Hall–Kier alpha value is -3.54. The lowest BCUT2D eigenvalue weighted by Crippen LogP contribution is -2.27. The van der Waals surface area contributed by atoms with Gasteiger partial charge in [-0.15, -0.1) is 0 Å². The number of para-hydroxylation sites is 1. The van der Waals surface area contributed by atoms with Gasteiger partial charge in [0.15, 0.2) is 0 Å². The number of benzene rings is 1. The summed E-state index contributed by atoms with van der Waals surface area (Å²) in [6.07, 6.45) is 8.79. The summed E-state index contributed by atoms with van der Waals surface area (Å²) in [6.45, 7) is 1.19. The van der Waals surface area contributed by atoms with E-state index < -0.39 is 0 Å². The Balaban J connectivity index is 1.65. The molecule has 4 rings (SSSR count). The zero-order valence-corrected chi connectivity index (χ0v) is 14.0. The summed E-state index contributed by atoms with van der Waals surface area (Å²) >= 11 is 0. The highest BCUT2D eigenvalue weighted by Gasteiger charge is 2.13. The summed E-state index contributed by atoms with van der Waals surface area (Å²) in [5.41, 5.74) is 3.01. The van der Waals surface area contributed by atoms with Gasteiger partial charge in [-0.3, -0.25) is 9.78 Å². The molecule has 4 aromatic rings. The lowest BCUT2D eigenvalue weighted by atomic mass is 10.0. The number of hydrogen-bond donors (Lipinski definition) is 1. The van der Waals surface area contributed by atoms with Crippen molar-refractivity contribution in [1.82, 2.24) is 24.8 Å². The van der Waals surface area contributed by atoms with Crippen molar-refractivity contribution in [1.29, 1.82) is 0 Å². The predicted molar refractivity (Wildman–Crippen MR) is 99.5 cm³/mol. The maximum Gasteiger partial charge on any atom is 0.252 e. The van der Waals surface area contributed by atoms with Crippen LogP contribution in [0.25, 0.3) is 22.2 Å². The molecule has 3 heterocycles. The molecule has 0 saturated heterocycles. The second-order valence-electron chi connectivity index (χ2n) is 5.87. The van der Waals surface area contributed by atoms with E-state index in [9.17, 15) is 4.79 Å². The fourth-order valence-electron chi connectivity index (χ4n) is 2.84. The quantitative estimate of drug-likeness (QED) is 0.605. The van der Waals surface area contributed by atoms with Gasteiger partial charge >= 0.3 is 0 Å². The number of nitrogens with one attached hydrogen (secondary N) is 1. The Morgan fingerprint density at radius 1 is 1.08 bits per heavy atom. The number of pyridine rings is 2. The molecule has 0 spiro atoms. The molecule has 0 atom stereocenters. The van der Waals surface area contributed by atoms with Crippen molar-refractivity contribution in [2.75, 3.05) is 6.54 Å². The average Bonchev–Trinajstić information content (AvgIpc) is 3.21. The molecule has 0 aliphatic rings. The summed E-state index contributed by atoms with van der Waals surface area (Å²) in [6, 6.07) is 13.3. The maximum atomic E-state index is 12.8. The molecule has 6 nitrogen and oxygen atoms in total. The number of rotatable bonds is 5. The average molecular weight is 343 g/mol. The van der Waals surface area contributed by atoms with Crippen LogP contribution in [-0.4, -0.2) is 32.0 Å². The zero-order chi connectivity index (χ0) is 17.8. The number of fused-ring (bicyclic) bond motifs is 1. The largest absolute Gasteiger partial charge is 0.350 e. The van der Waals surface area contributed by atoms with Gasteiger partial charge in [-0.1, -0.05) is 18.2 Å². The van der Waals surface area contributed by atoms with Crippen LogP contribution in [0.4, 0.5) is 0 Å². The Kier molecular flexibility index (Phi) is 4.38.